The van der Waals surface area contributed by atoms with Gasteiger partial charge in [0.1, 0.15) is 6.04 Å². The van der Waals surface area contributed by atoms with Gasteiger partial charge in [-0.15, -0.1) is 0 Å². The molecule has 2 aliphatic rings. The molecule has 41 heavy (non-hydrogen) atoms. The Labute approximate surface area is 238 Å². The summed E-state index contributed by atoms with van der Waals surface area (Å²) in [5.74, 6) is 0.937. The number of para-hydroxylation sites is 1. The van der Waals surface area contributed by atoms with Crippen molar-refractivity contribution in [3.8, 4) is 0 Å². The average molecular weight is 558 g/mol. The molecular formula is C29H35N9O3. The molecule has 0 bridgehead atoms. The summed E-state index contributed by atoms with van der Waals surface area (Å²) in [5.41, 5.74) is 5.07. The van der Waals surface area contributed by atoms with Crippen LogP contribution in [0.5, 0.6) is 0 Å². The predicted octanol–water partition coefficient (Wildman–Crippen LogP) is 3.82. The first kappa shape index (κ1) is 26.8. The lowest BCUT2D eigenvalue weighted by Crippen LogP contribution is -2.53. The molecule has 12 heteroatoms. The van der Waals surface area contributed by atoms with E-state index in [1.807, 2.05) is 55.1 Å². The lowest BCUT2D eigenvalue weighted by Gasteiger charge is -2.40. The van der Waals surface area contributed by atoms with Gasteiger partial charge in [0.15, 0.2) is 5.82 Å². The highest BCUT2D eigenvalue weighted by Gasteiger charge is 2.33. The normalized spacial score (nSPS) is 16.6. The predicted molar refractivity (Wildman–Crippen MR) is 153 cm³/mol. The first-order valence-electron chi connectivity index (χ1n) is 13.9. The van der Waals surface area contributed by atoms with Crippen molar-refractivity contribution in [2.24, 2.45) is 0 Å². The molecule has 4 amide bonds. The second-order valence-electron chi connectivity index (χ2n) is 11.2. The van der Waals surface area contributed by atoms with Gasteiger partial charge in [-0.2, -0.15) is 10.1 Å². The highest BCUT2D eigenvalue weighted by Crippen LogP contribution is 2.28. The van der Waals surface area contributed by atoms with Crippen LogP contribution in [0.25, 0.3) is 10.9 Å². The number of aromatic amines is 1. The number of hydrogen-bond acceptors (Lipinski definition) is 7. The van der Waals surface area contributed by atoms with E-state index >= 15 is 0 Å². The maximum atomic E-state index is 13.5. The number of likely N-dealkylation sites (tertiary alicyclic amines) is 1. The van der Waals surface area contributed by atoms with E-state index < -0.39 is 6.04 Å². The smallest absolute Gasteiger partial charge is 0.322 e. The van der Waals surface area contributed by atoms with Gasteiger partial charge < -0.3 is 29.9 Å². The number of hydrogen-bond donors (Lipinski definition) is 3. The molecule has 0 saturated carbocycles. The number of aryl methyl sites for hydroxylation is 1. The Morgan fingerprint density at radius 3 is 2.83 bits per heavy atom. The zero-order chi connectivity index (χ0) is 28.5. The van der Waals surface area contributed by atoms with Crippen molar-refractivity contribution in [3.05, 3.63) is 71.0 Å². The number of urea groups is 2. The zero-order valence-electron chi connectivity index (χ0n) is 23.6. The summed E-state index contributed by atoms with van der Waals surface area (Å²) in [6.45, 7) is 4.24. The van der Waals surface area contributed by atoms with Gasteiger partial charge in [-0.05, 0) is 62.7 Å². The van der Waals surface area contributed by atoms with E-state index in [0.29, 0.717) is 57.2 Å². The highest BCUT2D eigenvalue weighted by molar-refractivity contribution is 5.92. The fourth-order valence-corrected chi connectivity index (χ4v) is 5.76. The molecule has 1 unspecified atom stereocenters. The van der Waals surface area contributed by atoms with Crippen LogP contribution in [0, 0.1) is 6.92 Å². The average Bonchev–Trinajstić information content (AvgIpc) is 3.62. The molecule has 6 rings (SSSR count). The van der Waals surface area contributed by atoms with Crippen LogP contribution in [-0.2, 0) is 19.5 Å². The number of nitrogens with zero attached hydrogens (tertiary/aromatic N) is 6. The maximum Gasteiger partial charge on any atom is 0.322 e. The van der Waals surface area contributed by atoms with Crippen LogP contribution in [0.2, 0.25) is 0 Å². The SMILES string of the molecule is Cc1cc(CC(NC(=O)N2CCC(N3Cc4ccccc4NC3=O)CC2)c2nc(CN(C)C)no2)cc2cn[nH]c12. The van der Waals surface area contributed by atoms with Crippen molar-refractivity contribution in [1.82, 2.24) is 40.4 Å². The third-order valence-electron chi connectivity index (χ3n) is 7.84. The van der Waals surface area contributed by atoms with E-state index in [0.717, 1.165) is 33.3 Å². The van der Waals surface area contributed by atoms with Crippen LogP contribution in [0.1, 0.15) is 47.3 Å². The van der Waals surface area contributed by atoms with Crippen molar-refractivity contribution in [2.75, 3.05) is 32.5 Å². The third-order valence-corrected chi connectivity index (χ3v) is 7.84. The van der Waals surface area contributed by atoms with Gasteiger partial charge >= 0.3 is 12.1 Å². The van der Waals surface area contributed by atoms with Gasteiger partial charge in [0.25, 0.3) is 0 Å². The van der Waals surface area contributed by atoms with Gasteiger partial charge in [-0.25, -0.2) is 9.59 Å². The summed E-state index contributed by atoms with van der Waals surface area (Å²) in [7, 11) is 3.88. The molecule has 0 aliphatic carbocycles. The number of rotatable bonds is 7. The quantitative estimate of drug-likeness (QED) is 0.314. The lowest BCUT2D eigenvalue weighted by atomic mass is 10.0. The first-order chi connectivity index (χ1) is 19.8. The molecule has 1 saturated heterocycles. The standard InChI is InChI=1S/C29H35N9O3/c1-18-12-19(13-21-15-30-34-26(18)21)14-24(27-33-25(35-41-27)17-36(2)3)32-28(39)37-10-8-22(9-11-37)38-16-20-6-4-5-7-23(20)31-29(38)40/h4-7,12-13,15,22,24H,8-11,14,16-17H2,1-3H3,(H,30,34)(H,31,40)(H,32,39). The third kappa shape index (κ3) is 5.73. The maximum absolute atomic E-state index is 13.5. The number of piperidine rings is 1. The number of amides is 4. The molecule has 1 fully saturated rings. The monoisotopic (exact) mass is 557 g/mol. The number of H-pyrrole nitrogens is 1. The molecule has 1 atom stereocenters. The van der Waals surface area contributed by atoms with Crippen molar-refractivity contribution in [3.63, 3.8) is 0 Å². The fourth-order valence-electron chi connectivity index (χ4n) is 5.76. The van der Waals surface area contributed by atoms with Crippen molar-refractivity contribution in [1.29, 1.82) is 0 Å². The van der Waals surface area contributed by atoms with Crippen LogP contribution in [0.15, 0.2) is 47.1 Å². The number of nitrogens with one attached hydrogen (secondary N) is 3. The number of benzene rings is 2. The van der Waals surface area contributed by atoms with E-state index in [2.05, 4.69) is 43.1 Å². The summed E-state index contributed by atoms with van der Waals surface area (Å²) in [4.78, 5) is 36.6. The minimum absolute atomic E-state index is 0.0670. The van der Waals surface area contributed by atoms with Crippen LogP contribution in [0.3, 0.4) is 0 Å². The Bertz CT molecular complexity index is 1550. The van der Waals surface area contributed by atoms with Gasteiger partial charge in [0.05, 0.1) is 18.3 Å². The van der Waals surface area contributed by atoms with E-state index in [4.69, 9.17) is 4.52 Å². The van der Waals surface area contributed by atoms with Gasteiger partial charge in [-0.3, -0.25) is 5.10 Å². The number of fused-ring (bicyclic) bond motifs is 2. The van der Waals surface area contributed by atoms with Crippen molar-refractivity contribution < 1.29 is 14.1 Å². The largest absolute Gasteiger partial charge is 0.337 e. The Morgan fingerprint density at radius 1 is 1.22 bits per heavy atom. The summed E-state index contributed by atoms with van der Waals surface area (Å²) in [5, 5.41) is 18.5. The second-order valence-corrected chi connectivity index (χ2v) is 11.2. The van der Waals surface area contributed by atoms with Gasteiger partial charge in [-0.1, -0.05) is 29.4 Å². The summed E-state index contributed by atoms with van der Waals surface area (Å²) < 4.78 is 5.64. The van der Waals surface area contributed by atoms with Crippen LogP contribution in [0.4, 0.5) is 15.3 Å². The number of carbonyl (C=O) groups is 2. The van der Waals surface area contributed by atoms with Crippen LogP contribution < -0.4 is 10.6 Å². The van der Waals surface area contributed by atoms with Gasteiger partial charge in [0, 0.05) is 43.2 Å². The van der Waals surface area contributed by atoms with Crippen molar-refractivity contribution >= 4 is 28.7 Å². The number of carbonyl (C=O) groups excluding carboxylic acids is 2. The minimum Gasteiger partial charge on any atom is -0.337 e. The van der Waals surface area contributed by atoms with E-state index in [1.165, 1.54) is 0 Å². The summed E-state index contributed by atoms with van der Waals surface area (Å²) >= 11 is 0. The Balaban J connectivity index is 1.14. The second kappa shape index (κ2) is 11.2. The summed E-state index contributed by atoms with van der Waals surface area (Å²) in [6.07, 6.45) is 3.70. The van der Waals surface area contributed by atoms with Gasteiger partial charge in [0.2, 0.25) is 5.89 Å². The minimum atomic E-state index is -0.503. The van der Waals surface area contributed by atoms with E-state index in [-0.39, 0.29) is 18.1 Å². The Hall–Kier alpha value is -4.45. The molecule has 3 N–H and O–H groups in total. The van der Waals surface area contributed by atoms with E-state index in [9.17, 15) is 9.59 Å². The molecular weight excluding hydrogens is 522 g/mol. The van der Waals surface area contributed by atoms with Crippen molar-refractivity contribution in [2.45, 2.75) is 51.4 Å². The molecule has 2 aromatic heterocycles. The highest BCUT2D eigenvalue weighted by atomic mass is 16.5. The topological polar surface area (TPSA) is 136 Å². The molecule has 4 aromatic rings. The molecule has 4 heterocycles. The molecule has 0 radical (unpaired) electrons. The summed E-state index contributed by atoms with van der Waals surface area (Å²) in [6, 6.07) is 11.3. The number of aromatic nitrogens is 4. The molecule has 2 aromatic carbocycles. The molecule has 12 nitrogen and oxygen atoms in total. The lowest BCUT2D eigenvalue weighted by molar-refractivity contribution is 0.126. The first-order valence-corrected chi connectivity index (χ1v) is 13.9. The molecule has 214 valence electrons. The van der Waals surface area contributed by atoms with Crippen LogP contribution in [-0.4, -0.2) is 80.3 Å². The fraction of sp³-hybridized carbons (Fsp3) is 0.414. The molecule has 0 spiro atoms. The van der Waals surface area contributed by atoms with Crippen LogP contribution >= 0.6 is 0 Å². The number of anilines is 1. The Morgan fingerprint density at radius 2 is 2.02 bits per heavy atom. The molecule has 2 aliphatic heterocycles. The zero-order valence-corrected chi connectivity index (χ0v) is 23.6. The Kier molecular flexibility index (Phi) is 7.31. The van der Waals surface area contributed by atoms with E-state index in [1.54, 1.807) is 11.1 Å².